The van der Waals surface area contributed by atoms with Crippen LogP contribution in [0.5, 0.6) is 0 Å². The van der Waals surface area contributed by atoms with Crippen LogP contribution < -0.4 is 0 Å². The molecule has 0 radical (unpaired) electrons. The molecule has 11 heavy (non-hydrogen) atoms. The SMILES string of the molecule is CCC(CC)C(C)(F)C(C)C. The van der Waals surface area contributed by atoms with Gasteiger partial charge in [0.25, 0.3) is 0 Å². The van der Waals surface area contributed by atoms with Gasteiger partial charge in [-0.05, 0) is 18.8 Å². The van der Waals surface area contributed by atoms with E-state index in [-0.39, 0.29) is 11.8 Å². The number of hydrogen-bond acceptors (Lipinski definition) is 0. The fraction of sp³-hybridized carbons (Fsp3) is 1.00. The minimum Gasteiger partial charge on any atom is -0.244 e. The average molecular weight is 160 g/mol. The van der Waals surface area contributed by atoms with Gasteiger partial charge in [-0.1, -0.05) is 40.5 Å². The summed E-state index contributed by atoms with van der Waals surface area (Å²) in [5.74, 6) is 0.356. The third kappa shape index (κ3) is 2.46. The second-order valence-electron chi connectivity index (χ2n) is 3.82. The molecule has 1 heteroatoms. The van der Waals surface area contributed by atoms with Crippen LogP contribution >= 0.6 is 0 Å². The van der Waals surface area contributed by atoms with Gasteiger partial charge in [0.1, 0.15) is 5.67 Å². The molecule has 0 spiro atoms. The highest BCUT2D eigenvalue weighted by Gasteiger charge is 2.34. The number of rotatable bonds is 4. The minimum atomic E-state index is -0.983. The quantitative estimate of drug-likeness (QED) is 0.586. The van der Waals surface area contributed by atoms with E-state index in [1.165, 1.54) is 0 Å². The Bertz CT molecular complexity index is 101. The first-order valence-electron chi connectivity index (χ1n) is 4.65. The van der Waals surface area contributed by atoms with E-state index in [4.69, 9.17) is 0 Å². The lowest BCUT2D eigenvalue weighted by molar-refractivity contribution is 0.0450. The summed E-state index contributed by atoms with van der Waals surface area (Å²) in [5.41, 5.74) is -0.983. The van der Waals surface area contributed by atoms with Gasteiger partial charge in [0, 0.05) is 0 Å². The molecular formula is C10H21F. The Morgan fingerprint density at radius 2 is 1.55 bits per heavy atom. The van der Waals surface area contributed by atoms with Gasteiger partial charge in [-0.15, -0.1) is 0 Å². The van der Waals surface area contributed by atoms with Crippen LogP contribution in [0.3, 0.4) is 0 Å². The van der Waals surface area contributed by atoms with Crippen LogP contribution in [0.1, 0.15) is 47.5 Å². The zero-order valence-corrected chi connectivity index (χ0v) is 8.45. The van der Waals surface area contributed by atoms with E-state index < -0.39 is 5.67 Å². The molecule has 0 aliphatic heterocycles. The lowest BCUT2D eigenvalue weighted by Gasteiger charge is -2.32. The lowest BCUT2D eigenvalue weighted by atomic mass is 9.79. The Morgan fingerprint density at radius 1 is 1.18 bits per heavy atom. The molecule has 0 aromatic rings. The molecule has 0 aliphatic rings. The molecule has 1 atom stereocenters. The molecule has 0 saturated heterocycles. The summed E-state index contributed by atoms with van der Waals surface area (Å²) in [5, 5.41) is 0. The normalized spacial score (nSPS) is 17.5. The zero-order chi connectivity index (χ0) is 9.07. The first-order valence-corrected chi connectivity index (χ1v) is 4.65. The van der Waals surface area contributed by atoms with Crippen LogP contribution in [-0.4, -0.2) is 5.67 Å². The highest BCUT2D eigenvalue weighted by molar-refractivity contribution is 4.83. The molecule has 0 bridgehead atoms. The van der Waals surface area contributed by atoms with Gasteiger partial charge in [0.05, 0.1) is 0 Å². The van der Waals surface area contributed by atoms with Gasteiger partial charge in [0.15, 0.2) is 0 Å². The molecule has 0 aromatic carbocycles. The van der Waals surface area contributed by atoms with Crippen molar-refractivity contribution in [2.75, 3.05) is 0 Å². The summed E-state index contributed by atoms with van der Waals surface area (Å²) in [6.07, 6.45) is 1.89. The van der Waals surface area contributed by atoms with Gasteiger partial charge in [0.2, 0.25) is 0 Å². The van der Waals surface area contributed by atoms with Gasteiger partial charge in [-0.25, -0.2) is 4.39 Å². The van der Waals surface area contributed by atoms with Crippen LogP contribution in [0.25, 0.3) is 0 Å². The van der Waals surface area contributed by atoms with Crippen molar-refractivity contribution in [3.8, 4) is 0 Å². The van der Waals surface area contributed by atoms with Crippen molar-refractivity contribution in [2.24, 2.45) is 11.8 Å². The van der Waals surface area contributed by atoms with E-state index in [2.05, 4.69) is 13.8 Å². The van der Waals surface area contributed by atoms with Crippen LogP contribution in [0.15, 0.2) is 0 Å². The molecule has 0 N–H and O–H groups in total. The number of hydrogen-bond donors (Lipinski definition) is 0. The largest absolute Gasteiger partial charge is 0.244 e. The molecule has 0 aliphatic carbocycles. The predicted octanol–water partition coefficient (Wildman–Crippen LogP) is 3.81. The lowest BCUT2D eigenvalue weighted by Crippen LogP contribution is -2.34. The molecule has 0 fully saturated rings. The molecule has 68 valence electrons. The summed E-state index contributed by atoms with van der Waals surface area (Å²) in [6.45, 7) is 9.77. The van der Waals surface area contributed by atoms with E-state index in [0.717, 1.165) is 12.8 Å². The van der Waals surface area contributed by atoms with Crippen molar-refractivity contribution in [2.45, 2.75) is 53.1 Å². The summed E-state index contributed by atoms with van der Waals surface area (Å²) >= 11 is 0. The van der Waals surface area contributed by atoms with E-state index >= 15 is 0 Å². The van der Waals surface area contributed by atoms with Gasteiger partial charge in [-0.2, -0.15) is 0 Å². The fourth-order valence-corrected chi connectivity index (χ4v) is 1.56. The van der Waals surface area contributed by atoms with Crippen molar-refractivity contribution in [1.29, 1.82) is 0 Å². The third-order valence-electron chi connectivity index (χ3n) is 2.91. The molecule has 0 aromatic heterocycles. The highest BCUT2D eigenvalue weighted by Crippen LogP contribution is 2.34. The Labute approximate surface area is 70.2 Å². The van der Waals surface area contributed by atoms with E-state index in [1.807, 2.05) is 13.8 Å². The first kappa shape index (κ1) is 10.9. The Kier molecular flexibility index (Phi) is 4.05. The molecule has 0 amide bonds. The molecule has 0 saturated carbocycles. The van der Waals surface area contributed by atoms with Crippen molar-refractivity contribution >= 4 is 0 Å². The summed E-state index contributed by atoms with van der Waals surface area (Å²) in [7, 11) is 0. The van der Waals surface area contributed by atoms with Crippen molar-refractivity contribution in [1.82, 2.24) is 0 Å². The standard InChI is InChI=1S/C10H21F/c1-6-9(7-2)10(5,11)8(3)4/h8-9H,6-7H2,1-5H3. The van der Waals surface area contributed by atoms with Gasteiger partial charge in [-0.3, -0.25) is 0 Å². The van der Waals surface area contributed by atoms with E-state index in [9.17, 15) is 4.39 Å². The van der Waals surface area contributed by atoms with Crippen molar-refractivity contribution in [3.05, 3.63) is 0 Å². The van der Waals surface area contributed by atoms with Gasteiger partial charge < -0.3 is 0 Å². The number of halogens is 1. The van der Waals surface area contributed by atoms with Crippen LogP contribution in [0, 0.1) is 11.8 Å². The summed E-state index contributed by atoms with van der Waals surface area (Å²) < 4.78 is 13.9. The van der Waals surface area contributed by atoms with Crippen molar-refractivity contribution < 1.29 is 4.39 Å². The summed E-state index contributed by atoms with van der Waals surface area (Å²) in [4.78, 5) is 0. The fourth-order valence-electron chi connectivity index (χ4n) is 1.56. The Balaban J connectivity index is 4.24. The molecule has 0 heterocycles. The highest BCUT2D eigenvalue weighted by atomic mass is 19.1. The zero-order valence-electron chi connectivity index (χ0n) is 8.45. The Morgan fingerprint density at radius 3 is 1.64 bits per heavy atom. The maximum Gasteiger partial charge on any atom is 0.113 e. The van der Waals surface area contributed by atoms with E-state index in [1.54, 1.807) is 6.92 Å². The average Bonchev–Trinajstić information content (AvgIpc) is 1.89. The predicted molar refractivity (Wildman–Crippen MR) is 48.4 cm³/mol. The molecule has 1 unspecified atom stereocenters. The first-order chi connectivity index (χ1) is 4.96. The smallest absolute Gasteiger partial charge is 0.113 e. The van der Waals surface area contributed by atoms with Crippen LogP contribution in [0.4, 0.5) is 4.39 Å². The minimum absolute atomic E-state index is 0.132. The van der Waals surface area contributed by atoms with Crippen LogP contribution in [-0.2, 0) is 0 Å². The van der Waals surface area contributed by atoms with Crippen LogP contribution in [0.2, 0.25) is 0 Å². The molecule has 0 rings (SSSR count). The molecule has 0 nitrogen and oxygen atoms in total. The van der Waals surface area contributed by atoms with E-state index in [0.29, 0.717) is 0 Å². The monoisotopic (exact) mass is 160 g/mol. The maximum atomic E-state index is 13.9. The van der Waals surface area contributed by atoms with Gasteiger partial charge >= 0.3 is 0 Å². The topological polar surface area (TPSA) is 0 Å². The maximum absolute atomic E-state index is 13.9. The second kappa shape index (κ2) is 4.08. The third-order valence-corrected chi connectivity index (χ3v) is 2.91. The summed E-state index contributed by atoms with van der Waals surface area (Å²) in [6, 6.07) is 0. The molecular weight excluding hydrogens is 139 g/mol. The second-order valence-corrected chi connectivity index (χ2v) is 3.82. The number of alkyl halides is 1. The van der Waals surface area contributed by atoms with Crippen molar-refractivity contribution in [3.63, 3.8) is 0 Å². The Hall–Kier alpha value is -0.0700.